The Bertz CT molecular complexity index is 762. The predicted molar refractivity (Wildman–Crippen MR) is 101 cm³/mol. The van der Waals surface area contributed by atoms with E-state index in [1.54, 1.807) is 45.0 Å². The molecule has 9 nitrogen and oxygen atoms in total. The number of nitrogens with one attached hydrogen (secondary N) is 2. The van der Waals surface area contributed by atoms with E-state index in [1.165, 1.54) is 21.3 Å². The van der Waals surface area contributed by atoms with Gasteiger partial charge < -0.3 is 24.3 Å². The van der Waals surface area contributed by atoms with Crippen molar-refractivity contribution in [2.45, 2.75) is 26.4 Å². The maximum Gasteiger partial charge on any atom is 0.413 e. The molecule has 0 aliphatic heterocycles. The van der Waals surface area contributed by atoms with Gasteiger partial charge in [0, 0.05) is 17.8 Å². The van der Waals surface area contributed by atoms with Crippen molar-refractivity contribution in [3.05, 3.63) is 24.3 Å². The summed E-state index contributed by atoms with van der Waals surface area (Å²) in [5.74, 6) is 2.26. The van der Waals surface area contributed by atoms with Gasteiger partial charge in [0.15, 0.2) is 23.1 Å². The van der Waals surface area contributed by atoms with Gasteiger partial charge in [-0.1, -0.05) is 0 Å². The molecule has 0 atom stereocenters. The summed E-state index contributed by atoms with van der Waals surface area (Å²) >= 11 is 0. The van der Waals surface area contributed by atoms with E-state index in [2.05, 4.69) is 20.8 Å². The molecule has 0 bridgehead atoms. The van der Waals surface area contributed by atoms with Gasteiger partial charge in [0.25, 0.3) is 0 Å². The summed E-state index contributed by atoms with van der Waals surface area (Å²) in [6.07, 6.45) is -0.595. The van der Waals surface area contributed by atoms with Crippen molar-refractivity contribution in [1.82, 2.24) is 10.2 Å². The summed E-state index contributed by atoms with van der Waals surface area (Å²) in [5.41, 5.74) is 0.0810. The van der Waals surface area contributed by atoms with Crippen LogP contribution in [-0.4, -0.2) is 43.2 Å². The summed E-state index contributed by atoms with van der Waals surface area (Å²) < 4.78 is 21.1. The molecule has 1 heterocycles. The van der Waals surface area contributed by atoms with Crippen LogP contribution in [0.2, 0.25) is 0 Å². The Labute approximate surface area is 158 Å². The molecule has 27 heavy (non-hydrogen) atoms. The monoisotopic (exact) mass is 376 g/mol. The number of methoxy groups -OCH3 is 3. The quantitative estimate of drug-likeness (QED) is 0.788. The van der Waals surface area contributed by atoms with Crippen LogP contribution >= 0.6 is 0 Å². The van der Waals surface area contributed by atoms with Gasteiger partial charge in [-0.3, -0.25) is 5.32 Å². The van der Waals surface area contributed by atoms with E-state index in [9.17, 15) is 4.79 Å². The molecule has 1 aromatic heterocycles. The second kappa shape index (κ2) is 8.43. The number of nitrogens with zero attached hydrogens (tertiary/aromatic N) is 2. The molecule has 1 aromatic carbocycles. The smallest absolute Gasteiger partial charge is 0.413 e. The van der Waals surface area contributed by atoms with E-state index in [4.69, 9.17) is 18.9 Å². The summed E-state index contributed by atoms with van der Waals surface area (Å²) in [4.78, 5) is 11.7. The van der Waals surface area contributed by atoms with Crippen LogP contribution < -0.4 is 24.8 Å². The molecule has 2 rings (SSSR count). The Balaban J connectivity index is 2.11. The van der Waals surface area contributed by atoms with Gasteiger partial charge in [-0.25, -0.2) is 4.79 Å². The number of aromatic nitrogens is 2. The highest BCUT2D eigenvalue weighted by atomic mass is 16.6. The Morgan fingerprint density at radius 1 is 0.926 bits per heavy atom. The van der Waals surface area contributed by atoms with E-state index in [-0.39, 0.29) is 5.82 Å². The summed E-state index contributed by atoms with van der Waals surface area (Å²) in [6.45, 7) is 5.34. The van der Waals surface area contributed by atoms with Gasteiger partial charge in [-0.05, 0) is 32.9 Å². The molecule has 146 valence electrons. The fourth-order valence-corrected chi connectivity index (χ4v) is 2.17. The first-order valence-electron chi connectivity index (χ1n) is 8.16. The van der Waals surface area contributed by atoms with Crippen LogP contribution in [0.3, 0.4) is 0 Å². The molecule has 1 amide bonds. The minimum Gasteiger partial charge on any atom is -0.493 e. The molecule has 0 saturated heterocycles. The molecule has 0 radical (unpaired) electrons. The average molecular weight is 376 g/mol. The second-order valence-electron chi connectivity index (χ2n) is 6.47. The number of carbonyl (C=O) groups excluding carboxylic acids is 1. The van der Waals surface area contributed by atoms with Crippen molar-refractivity contribution in [3.8, 4) is 17.2 Å². The highest BCUT2D eigenvalue weighted by Gasteiger charge is 2.17. The minimum absolute atomic E-state index is 0.277. The van der Waals surface area contributed by atoms with Crippen LogP contribution in [0.5, 0.6) is 17.2 Å². The van der Waals surface area contributed by atoms with Gasteiger partial charge in [0.2, 0.25) is 5.75 Å². The van der Waals surface area contributed by atoms with E-state index < -0.39 is 11.7 Å². The van der Waals surface area contributed by atoms with Crippen LogP contribution in [0.1, 0.15) is 20.8 Å². The topological polar surface area (TPSA) is 104 Å². The first-order chi connectivity index (χ1) is 12.8. The Morgan fingerprint density at radius 2 is 1.48 bits per heavy atom. The van der Waals surface area contributed by atoms with Crippen molar-refractivity contribution < 1.29 is 23.7 Å². The summed E-state index contributed by atoms with van der Waals surface area (Å²) in [7, 11) is 4.62. The number of anilines is 3. The zero-order valence-electron chi connectivity index (χ0n) is 16.2. The van der Waals surface area contributed by atoms with Crippen molar-refractivity contribution in [3.63, 3.8) is 0 Å². The maximum atomic E-state index is 11.7. The van der Waals surface area contributed by atoms with Crippen LogP contribution in [0.4, 0.5) is 22.1 Å². The number of carbonyl (C=O) groups is 1. The van der Waals surface area contributed by atoms with E-state index in [0.29, 0.717) is 28.8 Å². The molecular weight excluding hydrogens is 352 g/mol. The third kappa shape index (κ3) is 5.63. The first kappa shape index (κ1) is 20.1. The SMILES string of the molecule is COc1cc(Nc2ccc(NC(=O)OC(C)(C)C)nn2)cc(OC)c1OC. The lowest BCUT2D eigenvalue weighted by molar-refractivity contribution is 0.0635. The Morgan fingerprint density at radius 3 is 1.93 bits per heavy atom. The van der Waals surface area contributed by atoms with Crippen molar-refractivity contribution >= 4 is 23.4 Å². The van der Waals surface area contributed by atoms with Crippen LogP contribution in [0, 0.1) is 0 Å². The molecule has 0 unspecified atom stereocenters. The lowest BCUT2D eigenvalue weighted by Gasteiger charge is -2.19. The lowest BCUT2D eigenvalue weighted by atomic mass is 10.2. The maximum absolute atomic E-state index is 11.7. The number of hydrogen-bond donors (Lipinski definition) is 2. The van der Waals surface area contributed by atoms with Gasteiger partial charge in [-0.2, -0.15) is 0 Å². The van der Waals surface area contributed by atoms with Gasteiger partial charge >= 0.3 is 6.09 Å². The molecule has 0 spiro atoms. The molecule has 0 aliphatic rings. The normalized spacial score (nSPS) is 10.7. The van der Waals surface area contributed by atoms with Crippen molar-refractivity contribution in [1.29, 1.82) is 0 Å². The fraction of sp³-hybridized carbons (Fsp3) is 0.389. The van der Waals surface area contributed by atoms with Crippen molar-refractivity contribution in [2.24, 2.45) is 0 Å². The number of amides is 1. The van der Waals surface area contributed by atoms with Crippen LogP contribution in [0.25, 0.3) is 0 Å². The van der Waals surface area contributed by atoms with Crippen LogP contribution in [0.15, 0.2) is 24.3 Å². The zero-order valence-corrected chi connectivity index (χ0v) is 16.2. The largest absolute Gasteiger partial charge is 0.493 e. The van der Waals surface area contributed by atoms with Gasteiger partial charge in [0.05, 0.1) is 21.3 Å². The molecule has 0 saturated carbocycles. The van der Waals surface area contributed by atoms with Crippen molar-refractivity contribution in [2.75, 3.05) is 32.0 Å². The standard InChI is InChI=1S/C18H24N4O5/c1-18(2,3)27-17(23)20-15-8-7-14(21-22-15)19-11-9-12(24-4)16(26-6)13(10-11)25-5/h7-10H,1-6H3,(H,19,21)(H,20,22,23). The highest BCUT2D eigenvalue weighted by Crippen LogP contribution is 2.40. The van der Waals surface area contributed by atoms with Gasteiger partial charge in [-0.15, -0.1) is 10.2 Å². The van der Waals surface area contributed by atoms with Crippen LogP contribution in [-0.2, 0) is 4.74 Å². The molecule has 2 N–H and O–H groups in total. The first-order valence-corrected chi connectivity index (χ1v) is 8.16. The Kier molecular flexibility index (Phi) is 6.27. The molecular formula is C18H24N4O5. The molecule has 2 aromatic rings. The third-order valence-corrected chi connectivity index (χ3v) is 3.23. The van der Waals surface area contributed by atoms with E-state index in [1.807, 2.05) is 0 Å². The van der Waals surface area contributed by atoms with E-state index >= 15 is 0 Å². The fourth-order valence-electron chi connectivity index (χ4n) is 2.17. The molecule has 9 heteroatoms. The summed E-state index contributed by atoms with van der Waals surface area (Å²) in [6, 6.07) is 6.77. The molecule has 0 aliphatic carbocycles. The average Bonchev–Trinajstić information content (AvgIpc) is 2.60. The van der Waals surface area contributed by atoms with Gasteiger partial charge in [0.1, 0.15) is 5.60 Å². The third-order valence-electron chi connectivity index (χ3n) is 3.23. The summed E-state index contributed by atoms with van der Waals surface area (Å²) in [5, 5.41) is 13.6. The van der Waals surface area contributed by atoms with E-state index in [0.717, 1.165) is 0 Å². The highest BCUT2D eigenvalue weighted by molar-refractivity contribution is 5.83. The second-order valence-corrected chi connectivity index (χ2v) is 6.47. The number of rotatable bonds is 6. The zero-order chi connectivity index (χ0) is 20.0. The number of benzene rings is 1. The number of ether oxygens (including phenoxy) is 4. The lowest BCUT2D eigenvalue weighted by Crippen LogP contribution is -2.27. The molecule has 0 fully saturated rings. The minimum atomic E-state index is -0.595. The predicted octanol–water partition coefficient (Wildman–Crippen LogP) is 3.59. The number of hydrogen-bond acceptors (Lipinski definition) is 8. The Hall–Kier alpha value is -3.23.